The fourth-order valence-corrected chi connectivity index (χ4v) is 6.86. The highest BCUT2D eigenvalue weighted by Gasteiger charge is 2.54. The topological polar surface area (TPSA) is 94.3 Å². The first-order chi connectivity index (χ1) is 14.2. The van der Waals surface area contributed by atoms with Crippen molar-refractivity contribution in [3.8, 4) is 5.75 Å². The van der Waals surface area contributed by atoms with Gasteiger partial charge >= 0.3 is 0 Å². The van der Waals surface area contributed by atoms with Gasteiger partial charge in [-0.15, -0.1) is 0 Å². The lowest BCUT2D eigenvalue weighted by Crippen LogP contribution is -2.49. The smallest absolute Gasteiger partial charge is 0.119 e. The van der Waals surface area contributed by atoms with Gasteiger partial charge in [-0.1, -0.05) is 13.0 Å². The Morgan fingerprint density at radius 3 is 2.73 bits per heavy atom. The molecule has 0 amide bonds. The third-order valence-electron chi connectivity index (χ3n) is 8.41. The van der Waals surface area contributed by atoms with Crippen molar-refractivity contribution in [2.45, 2.75) is 70.3 Å². The Morgan fingerprint density at radius 2 is 1.93 bits per heavy atom. The van der Waals surface area contributed by atoms with Gasteiger partial charge in [0, 0.05) is 6.04 Å². The molecule has 2 fully saturated rings. The average molecular weight is 417 g/mol. The molecule has 0 radical (unpaired) electrons. The summed E-state index contributed by atoms with van der Waals surface area (Å²) in [6.07, 6.45) is 10.4. The Bertz CT molecular complexity index is 681. The molecule has 0 bridgehead atoms. The molecule has 30 heavy (non-hydrogen) atoms. The molecule has 2 saturated carbocycles. The van der Waals surface area contributed by atoms with Crippen LogP contribution in [0.25, 0.3) is 0 Å². The summed E-state index contributed by atoms with van der Waals surface area (Å²) in [6, 6.07) is 7.54. The summed E-state index contributed by atoms with van der Waals surface area (Å²) in [5.41, 5.74) is 9.22. The third kappa shape index (κ3) is 4.55. The molecule has 1 aromatic rings. The van der Waals surface area contributed by atoms with Crippen molar-refractivity contribution >= 4 is 0 Å². The van der Waals surface area contributed by atoms with E-state index in [1.165, 1.54) is 44.9 Å². The molecule has 7 N–H and O–H groups in total. The lowest BCUT2D eigenvalue weighted by atomic mass is 9.55. The normalized spacial score (nSPS) is 32.0. The largest absolute Gasteiger partial charge is 0.497 e. The van der Waals surface area contributed by atoms with Crippen LogP contribution in [0.3, 0.4) is 0 Å². The Morgan fingerprint density at radius 1 is 1.10 bits per heavy atom. The van der Waals surface area contributed by atoms with Crippen molar-refractivity contribution in [3.63, 3.8) is 0 Å². The molecule has 3 aliphatic rings. The van der Waals surface area contributed by atoms with Crippen molar-refractivity contribution < 1.29 is 4.74 Å². The van der Waals surface area contributed by atoms with E-state index in [1.54, 1.807) is 18.2 Å². The molecule has 5 nitrogen and oxygen atoms in total. The summed E-state index contributed by atoms with van der Waals surface area (Å²) in [6.45, 7) is 6.68. The Kier molecular flexibility index (Phi) is 8.19. The highest BCUT2D eigenvalue weighted by atomic mass is 16.5. The third-order valence-corrected chi connectivity index (χ3v) is 8.41. The summed E-state index contributed by atoms with van der Waals surface area (Å²) in [5, 5.41) is 7.46. The second-order valence-corrected chi connectivity index (χ2v) is 9.85. The molecule has 5 heteroatoms. The fourth-order valence-electron chi connectivity index (χ4n) is 6.86. The first-order valence-corrected chi connectivity index (χ1v) is 12.0. The number of ether oxygens (including phenoxy) is 1. The number of aryl methyl sites for hydroxylation is 1. The quantitative estimate of drug-likeness (QED) is 0.457. The lowest BCUT2D eigenvalue weighted by molar-refractivity contribution is 0.0412. The van der Waals surface area contributed by atoms with Gasteiger partial charge in [0.2, 0.25) is 0 Å². The number of nitrogens with two attached hydrogens (primary N) is 1. The molecule has 0 saturated heterocycles. The molecule has 1 aromatic carbocycles. The van der Waals surface area contributed by atoms with Crippen LogP contribution >= 0.6 is 0 Å². The first kappa shape index (κ1) is 23.5. The van der Waals surface area contributed by atoms with Crippen LogP contribution in [0.1, 0.15) is 68.9 Å². The molecule has 0 heterocycles. The summed E-state index contributed by atoms with van der Waals surface area (Å²) in [5.74, 6) is 3.55. The van der Waals surface area contributed by atoms with E-state index in [0.29, 0.717) is 11.5 Å². The number of fused-ring (bicyclic) bond motifs is 5. The maximum Gasteiger partial charge on any atom is 0.119 e. The fraction of sp³-hybridized carbons (Fsp3) is 0.760. The molecule has 0 spiro atoms. The van der Waals surface area contributed by atoms with Crippen LogP contribution in [0.4, 0.5) is 0 Å². The molecule has 170 valence electrons. The van der Waals surface area contributed by atoms with Gasteiger partial charge in [-0.2, -0.15) is 0 Å². The van der Waals surface area contributed by atoms with Crippen LogP contribution in [-0.4, -0.2) is 39.3 Å². The van der Waals surface area contributed by atoms with Gasteiger partial charge in [0.1, 0.15) is 5.75 Å². The van der Waals surface area contributed by atoms with Crippen molar-refractivity contribution in [1.82, 2.24) is 16.8 Å². The van der Waals surface area contributed by atoms with Gasteiger partial charge in [-0.3, -0.25) is 0 Å². The van der Waals surface area contributed by atoms with Gasteiger partial charge in [-0.05, 0) is 124 Å². The molecule has 0 unspecified atom stereocenters. The summed E-state index contributed by atoms with van der Waals surface area (Å²) in [7, 11) is 1.78. The van der Waals surface area contributed by atoms with E-state index in [2.05, 4.69) is 35.8 Å². The number of rotatable bonds is 9. The zero-order valence-corrected chi connectivity index (χ0v) is 19.2. The Balaban J connectivity index is 0.00000256. The van der Waals surface area contributed by atoms with Gasteiger partial charge in [0.15, 0.2) is 0 Å². The van der Waals surface area contributed by atoms with E-state index in [9.17, 15) is 0 Å². The minimum atomic E-state index is 0. The highest BCUT2D eigenvalue weighted by molar-refractivity contribution is 5.40. The minimum Gasteiger partial charge on any atom is -0.497 e. The summed E-state index contributed by atoms with van der Waals surface area (Å²) < 4.78 is 5.47. The number of hydrogen-bond acceptors (Lipinski definition) is 5. The van der Waals surface area contributed by atoms with Gasteiger partial charge in [0.05, 0.1) is 7.11 Å². The molecular weight excluding hydrogens is 372 g/mol. The van der Waals surface area contributed by atoms with Gasteiger partial charge < -0.3 is 27.3 Å². The van der Waals surface area contributed by atoms with Crippen LogP contribution in [0.15, 0.2) is 18.2 Å². The molecule has 4 rings (SSSR count). The van der Waals surface area contributed by atoms with E-state index >= 15 is 0 Å². The SMILES string of the molecule is COc1ccc2c(c1)CC[C@@H]1[C@@H]2CC[C@]2(C)[C@@H](NCCCNCCCN)CC[C@@H]12.N. The van der Waals surface area contributed by atoms with Crippen LogP contribution in [-0.2, 0) is 6.42 Å². The molecule has 5 atom stereocenters. The van der Waals surface area contributed by atoms with Crippen LogP contribution in [0.5, 0.6) is 5.75 Å². The van der Waals surface area contributed by atoms with E-state index in [4.69, 9.17) is 10.5 Å². The standard InChI is InChI=1S/C25H41N3O.H3N/c1-25-12-11-21-20-8-6-19(29-2)17-18(20)5-7-22(21)23(25)9-10-24(25)28-16-4-15-27-14-3-13-26;/h6,8,17,21-24,27-28H,3-5,7,9-16,26H2,1-2H3;1H3/t21-,22-,23+,24+,25+;/m1./s1. The minimum absolute atomic E-state index is 0. The number of benzene rings is 1. The monoisotopic (exact) mass is 416 g/mol. The van der Waals surface area contributed by atoms with Crippen molar-refractivity contribution in [1.29, 1.82) is 0 Å². The van der Waals surface area contributed by atoms with E-state index < -0.39 is 0 Å². The number of hydrogen-bond donors (Lipinski definition) is 4. The van der Waals surface area contributed by atoms with E-state index in [1.807, 2.05) is 0 Å². The van der Waals surface area contributed by atoms with E-state index in [-0.39, 0.29) is 6.15 Å². The van der Waals surface area contributed by atoms with E-state index in [0.717, 1.165) is 56.1 Å². The van der Waals surface area contributed by atoms with Gasteiger partial charge in [0.25, 0.3) is 0 Å². The first-order valence-electron chi connectivity index (χ1n) is 12.0. The predicted octanol–water partition coefficient (Wildman–Crippen LogP) is 4.00. The predicted molar refractivity (Wildman–Crippen MR) is 126 cm³/mol. The maximum absolute atomic E-state index is 5.56. The zero-order valence-electron chi connectivity index (χ0n) is 19.2. The second kappa shape index (κ2) is 10.4. The maximum atomic E-state index is 5.56. The van der Waals surface area contributed by atoms with Crippen LogP contribution < -0.4 is 27.3 Å². The highest BCUT2D eigenvalue weighted by Crippen LogP contribution is 2.60. The van der Waals surface area contributed by atoms with Crippen molar-refractivity contribution in [2.75, 3.05) is 33.3 Å². The second-order valence-electron chi connectivity index (χ2n) is 9.85. The summed E-state index contributed by atoms with van der Waals surface area (Å²) in [4.78, 5) is 0. The van der Waals surface area contributed by atoms with Crippen LogP contribution in [0, 0.1) is 17.3 Å². The zero-order chi connectivity index (χ0) is 20.3. The molecule has 0 aliphatic heterocycles. The average Bonchev–Trinajstić information content (AvgIpc) is 3.08. The number of nitrogens with one attached hydrogen (secondary N) is 2. The summed E-state index contributed by atoms with van der Waals surface area (Å²) >= 11 is 0. The number of methoxy groups -OCH3 is 1. The van der Waals surface area contributed by atoms with Gasteiger partial charge in [-0.25, -0.2) is 0 Å². The molecule has 0 aromatic heterocycles. The molecular formula is C25H44N4O. The van der Waals surface area contributed by atoms with Crippen LogP contribution in [0.2, 0.25) is 0 Å². The molecule has 3 aliphatic carbocycles. The Labute approximate surface area is 183 Å². The Hall–Kier alpha value is -1.14. The van der Waals surface area contributed by atoms with Crippen molar-refractivity contribution in [2.24, 2.45) is 23.0 Å². The lowest BCUT2D eigenvalue weighted by Gasteiger charge is -2.51. The van der Waals surface area contributed by atoms with Crippen molar-refractivity contribution in [3.05, 3.63) is 29.3 Å².